The molecule has 0 amide bonds. The Bertz CT molecular complexity index is 123. The van der Waals surface area contributed by atoms with Crippen LogP contribution in [0.4, 0.5) is 8.78 Å². The third-order valence-electron chi connectivity index (χ3n) is 1.16. The molecule has 10 heavy (non-hydrogen) atoms. The second-order valence-corrected chi connectivity index (χ2v) is 2.11. The van der Waals surface area contributed by atoms with Crippen molar-refractivity contribution >= 4 is 5.97 Å². The van der Waals surface area contributed by atoms with Gasteiger partial charge in [0, 0.05) is 6.42 Å². The molecule has 0 fully saturated rings. The lowest BCUT2D eigenvalue weighted by Crippen LogP contribution is -2.27. The minimum atomic E-state index is -3.53. The number of halogens is 2. The van der Waals surface area contributed by atoms with E-state index in [4.69, 9.17) is 5.11 Å². The number of alkyl halides is 2. The zero-order valence-electron chi connectivity index (χ0n) is 5.73. The highest BCUT2D eigenvalue weighted by atomic mass is 19.3. The molecule has 0 atom stereocenters. The summed E-state index contributed by atoms with van der Waals surface area (Å²) in [6, 6.07) is 0. The second kappa shape index (κ2) is 3.49. The predicted molar refractivity (Wildman–Crippen MR) is 32.1 cm³/mol. The zero-order valence-corrected chi connectivity index (χ0v) is 5.73. The topological polar surface area (TPSA) is 37.3 Å². The molecule has 4 heteroatoms. The lowest BCUT2D eigenvalue weighted by atomic mass is 10.1. The summed E-state index contributed by atoms with van der Waals surface area (Å²) < 4.78 is 24.3. The molecule has 0 saturated heterocycles. The average molecular weight is 152 g/mol. The van der Waals surface area contributed by atoms with Crippen molar-refractivity contribution in [2.75, 3.05) is 0 Å². The molecule has 0 aromatic rings. The van der Waals surface area contributed by atoms with Gasteiger partial charge in [0.2, 0.25) is 0 Å². The average Bonchev–Trinajstić information content (AvgIpc) is 1.84. The summed E-state index contributed by atoms with van der Waals surface area (Å²) in [6.07, 6.45) is 0.279. The Morgan fingerprint density at radius 3 is 2.40 bits per heavy atom. The summed E-state index contributed by atoms with van der Waals surface area (Å²) in [5, 5.41) is 7.92. The van der Waals surface area contributed by atoms with Crippen LogP contribution in [0, 0.1) is 0 Å². The van der Waals surface area contributed by atoms with Gasteiger partial charge in [0.1, 0.15) is 0 Å². The number of carboxylic acid groups (broad SMARTS) is 1. The lowest BCUT2D eigenvalue weighted by molar-refractivity contribution is -0.165. The minimum absolute atomic E-state index is 0.249. The Balaban J connectivity index is 3.75. The third kappa shape index (κ3) is 2.75. The van der Waals surface area contributed by atoms with Crippen LogP contribution in [0.15, 0.2) is 0 Å². The van der Waals surface area contributed by atoms with Crippen molar-refractivity contribution in [3.63, 3.8) is 0 Å². The van der Waals surface area contributed by atoms with Crippen molar-refractivity contribution < 1.29 is 18.7 Å². The summed E-state index contributed by atoms with van der Waals surface area (Å²) in [6.45, 7) is 1.73. The van der Waals surface area contributed by atoms with Crippen LogP contribution in [0.2, 0.25) is 0 Å². The van der Waals surface area contributed by atoms with Crippen LogP contribution in [0.1, 0.15) is 26.2 Å². The van der Waals surface area contributed by atoms with Crippen LogP contribution in [-0.2, 0) is 4.79 Å². The van der Waals surface area contributed by atoms with E-state index in [2.05, 4.69) is 0 Å². The van der Waals surface area contributed by atoms with Gasteiger partial charge in [-0.2, -0.15) is 8.78 Å². The molecule has 0 bridgehead atoms. The molecule has 60 valence electrons. The Labute approximate surface area is 57.9 Å². The molecule has 0 aromatic heterocycles. The molecule has 0 saturated carbocycles. The van der Waals surface area contributed by atoms with Crippen molar-refractivity contribution in [3.8, 4) is 0 Å². The van der Waals surface area contributed by atoms with Crippen LogP contribution in [0.25, 0.3) is 0 Å². The van der Waals surface area contributed by atoms with E-state index in [1.54, 1.807) is 6.92 Å². The molecule has 0 radical (unpaired) electrons. The first-order valence-electron chi connectivity index (χ1n) is 3.12. The van der Waals surface area contributed by atoms with Gasteiger partial charge in [-0.15, -0.1) is 0 Å². The van der Waals surface area contributed by atoms with Crippen molar-refractivity contribution in [3.05, 3.63) is 0 Å². The Kier molecular flexibility index (Phi) is 3.25. The number of carboxylic acids is 1. The van der Waals surface area contributed by atoms with Crippen LogP contribution in [-0.4, -0.2) is 17.0 Å². The maximum Gasteiger partial charge on any atom is 0.374 e. The Morgan fingerprint density at radius 1 is 1.60 bits per heavy atom. The van der Waals surface area contributed by atoms with E-state index in [1.807, 2.05) is 0 Å². The predicted octanol–water partition coefficient (Wildman–Crippen LogP) is 1.90. The maximum absolute atomic E-state index is 12.1. The molecule has 0 heterocycles. The summed E-state index contributed by atoms with van der Waals surface area (Å²) in [4.78, 5) is 9.78. The number of aliphatic carboxylic acids is 1. The summed E-state index contributed by atoms with van der Waals surface area (Å²) in [5.41, 5.74) is 0. The number of rotatable bonds is 4. The van der Waals surface area contributed by atoms with E-state index in [0.29, 0.717) is 6.42 Å². The lowest BCUT2D eigenvalue weighted by Gasteiger charge is -2.08. The molecular formula is C6H10F2O2. The fraction of sp³-hybridized carbons (Fsp3) is 0.833. The van der Waals surface area contributed by atoms with Gasteiger partial charge < -0.3 is 5.11 Å². The van der Waals surface area contributed by atoms with Gasteiger partial charge >= 0.3 is 11.9 Å². The second-order valence-electron chi connectivity index (χ2n) is 2.11. The van der Waals surface area contributed by atoms with Crippen LogP contribution in [0.5, 0.6) is 0 Å². The molecule has 0 unspecified atom stereocenters. The Morgan fingerprint density at radius 2 is 2.10 bits per heavy atom. The van der Waals surface area contributed by atoms with Gasteiger partial charge in [-0.05, 0) is 6.42 Å². The molecule has 0 aliphatic carbocycles. The molecule has 2 nitrogen and oxygen atoms in total. The third-order valence-corrected chi connectivity index (χ3v) is 1.16. The van der Waals surface area contributed by atoms with E-state index in [1.165, 1.54) is 0 Å². The standard InChI is InChI=1S/C6H10F2O2/c1-2-3-4-6(7,8)5(9)10/h2-4H2,1H3,(H,9,10). The highest BCUT2D eigenvalue weighted by Gasteiger charge is 2.37. The normalized spacial score (nSPS) is 11.5. The monoisotopic (exact) mass is 152 g/mol. The SMILES string of the molecule is CCCCC(F)(F)C(=O)O. The van der Waals surface area contributed by atoms with Gasteiger partial charge in [-0.1, -0.05) is 13.3 Å². The number of hydrogen-bond donors (Lipinski definition) is 1. The summed E-state index contributed by atoms with van der Waals surface area (Å²) in [7, 11) is 0. The maximum atomic E-state index is 12.1. The fourth-order valence-electron chi connectivity index (χ4n) is 0.506. The molecule has 1 N–H and O–H groups in total. The number of hydrogen-bond acceptors (Lipinski definition) is 1. The quantitative estimate of drug-likeness (QED) is 0.667. The smallest absolute Gasteiger partial charge is 0.374 e. The molecule has 0 aliphatic heterocycles. The Hall–Kier alpha value is -0.670. The molecule has 0 rings (SSSR count). The first kappa shape index (κ1) is 9.33. The summed E-state index contributed by atoms with van der Waals surface area (Å²) in [5.74, 6) is -5.56. The van der Waals surface area contributed by atoms with Crippen LogP contribution < -0.4 is 0 Å². The van der Waals surface area contributed by atoms with Crippen molar-refractivity contribution in [2.45, 2.75) is 32.1 Å². The first-order valence-corrected chi connectivity index (χ1v) is 3.12. The molecular weight excluding hydrogens is 142 g/mol. The van der Waals surface area contributed by atoms with Gasteiger partial charge in [0.05, 0.1) is 0 Å². The molecule has 0 aromatic carbocycles. The highest BCUT2D eigenvalue weighted by molar-refractivity contribution is 5.75. The highest BCUT2D eigenvalue weighted by Crippen LogP contribution is 2.20. The van der Waals surface area contributed by atoms with Crippen molar-refractivity contribution in [2.24, 2.45) is 0 Å². The van der Waals surface area contributed by atoms with E-state index < -0.39 is 18.3 Å². The molecule has 0 aliphatic rings. The van der Waals surface area contributed by atoms with Crippen LogP contribution in [0.3, 0.4) is 0 Å². The largest absolute Gasteiger partial charge is 0.477 e. The van der Waals surface area contributed by atoms with Gasteiger partial charge in [-0.25, -0.2) is 4.79 Å². The van der Waals surface area contributed by atoms with E-state index in [0.717, 1.165) is 0 Å². The first-order chi connectivity index (χ1) is 4.50. The van der Waals surface area contributed by atoms with E-state index >= 15 is 0 Å². The van der Waals surface area contributed by atoms with Crippen molar-refractivity contribution in [1.82, 2.24) is 0 Å². The van der Waals surface area contributed by atoms with E-state index in [9.17, 15) is 13.6 Å². The van der Waals surface area contributed by atoms with Gasteiger partial charge in [-0.3, -0.25) is 0 Å². The number of carbonyl (C=O) groups is 1. The van der Waals surface area contributed by atoms with Crippen LogP contribution >= 0.6 is 0 Å². The summed E-state index contributed by atoms with van der Waals surface area (Å²) >= 11 is 0. The van der Waals surface area contributed by atoms with Crippen molar-refractivity contribution in [1.29, 1.82) is 0 Å². The zero-order chi connectivity index (χ0) is 8.20. The van der Waals surface area contributed by atoms with Gasteiger partial charge in [0.25, 0.3) is 0 Å². The minimum Gasteiger partial charge on any atom is -0.477 e. The van der Waals surface area contributed by atoms with Gasteiger partial charge in [0.15, 0.2) is 0 Å². The van der Waals surface area contributed by atoms with E-state index in [-0.39, 0.29) is 6.42 Å². The fourth-order valence-corrected chi connectivity index (χ4v) is 0.506. The number of unbranched alkanes of at least 4 members (excludes halogenated alkanes) is 1. The molecule has 0 spiro atoms.